The average Bonchev–Trinajstić information content (AvgIpc) is 3.26. The monoisotopic (exact) mass is 376 g/mol. The quantitative estimate of drug-likeness (QED) is 0.762. The standard InChI is InChI=1S/C21H24N6O/c1-16-5-6-18(13-17(16)2)24-21(28)27-11-9-26(10-12-27)20-14-19(22-15-23-20)25-7-3-4-8-25/h3-8,13-15H,9-12H2,1-2H3,(H,24,28). The topological polar surface area (TPSA) is 66.3 Å². The maximum absolute atomic E-state index is 12.6. The number of anilines is 2. The van der Waals surface area contributed by atoms with Crippen LogP contribution >= 0.6 is 0 Å². The third-order valence-electron chi connectivity index (χ3n) is 5.16. The Morgan fingerprint density at radius 3 is 2.36 bits per heavy atom. The van der Waals surface area contributed by atoms with Crippen LogP contribution < -0.4 is 10.2 Å². The van der Waals surface area contributed by atoms with E-state index in [0.29, 0.717) is 13.1 Å². The van der Waals surface area contributed by atoms with Gasteiger partial charge in [0.2, 0.25) is 0 Å². The molecular weight excluding hydrogens is 352 g/mol. The van der Waals surface area contributed by atoms with Gasteiger partial charge in [0.15, 0.2) is 0 Å². The molecule has 7 nitrogen and oxygen atoms in total. The second kappa shape index (κ2) is 7.72. The molecule has 1 fully saturated rings. The van der Waals surface area contributed by atoms with Crippen molar-refractivity contribution in [3.8, 4) is 5.82 Å². The van der Waals surface area contributed by atoms with Crippen LogP contribution in [0.5, 0.6) is 0 Å². The third-order valence-corrected chi connectivity index (χ3v) is 5.16. The summed E-state index contributed by atoms with van der Waals surface area (Å²) in [5, 5.41) is 3.00. The van der Waals surface area contributed by atoms with Gasteiger partial charge in [0, 0.05) is 50.3 Å². The van der Waals surface area contributed by atoms with Gasteiger partial charge in [-0.3, -0.25) is 0 Å². The summed E-state index contributed by atoms with van der Waals surface area (Å²) >= 11 is 0. The van der Waals surface area contributed by atoms with E-state index in [4.69, 9.17) is 0 Å². The summed E-state index contributed by atoms with van der Waals surface area (Å²) in [5.74, 6) is 1.72. The lowest BCUT2D eigenvalue weighted by molar-refractivity contribution is 0.208. The fourth-order valence-electron chi connectivity index (χ4n) is 3.30. The first-order valence-corrected chi connectivity index (χ1v) is 9.44. The molecule has 1 aliphatic rings. The van der Waals surface area contributed by atoms with E-state index in [1.807, 2.05) is 65.2 Å². The van der Waals surface area contributed by atoms with E-state index in [1.165, 1.54) is 11.1 Å². The third kappa shape index (κ3) is 3.83. The van der Waals surface area contributed by atoms with Gasteiger partial charge in [0.25, 0.3) is 0 Å². The van der Waals surface area contributed by atoms with E-state index in [1.54, 1.807) is 6.33 Å². The largest absolute Gasteiger partial charge is 0.353 e. The van der Waals surface area contributed by atoms with Crippen molar-refractivity contribution >= 4 is 17.5 Å². The molecule has 7 heteroatoms. The van der Waals surface area contributed by atoms with Crippen LogP contribution in [0.3, 0.4) is 0 Å². The lowest BCUT2D eigenvalue weighted by Crippen LogP contribution is -2.50. The second-order valence-corrected chi connectivity index (χ2v) is 7.03. The molecule has 0 unspecified atom stereocenters. The van der Waals surface area contributed by atoms with E-state index < -0.39 is 0 Å². The number of urea groups is 1. The summed E-state index contributed by atoms with van der Waals surface area (Å²) in [6.07, 6.45) is 5.51. The Hall–Kier alpha value is -3.35. The molecule has 0 bridgehead atoms. The molecule has 0 aliphatic carbocycles. The molecule has 2 aromatic heterocycles. The van der Waals surface area contributed by atoms with Crippen molar-refractivity contribution in [2.45, 2.75) is 13.8 Å². The number of amides is 2. The predicted octanol–water partition coefficient (Wildman–Crippen LogP) is 3.24. The molecule has 0 spiro atoms. The zero-order valence-electron chi connectivity index (χ0n) is 16.2. The lowest BCUT2D eigenvalue weighted by atomic mass is 10.1. The van der Waals surface area contributed by atoms with E-state index in [9.17, 15) is 4.79 Å². The van der Waals surface area contributed by atoms with Gasteiger partial charge in [0.05, 0.1) is 0 Å². The summed E-state index contributed by atoms with van der Waals surface area (Å²) in [7, 11) is 0. The van der Waals surface area contributed by atoms with Crippen LogP contribution in [-0.4, -0.2) is 51.6 Å². The predicted molar refractivity (Wildman–Crippen MR) is 110 cm³/mol. The van der Waals surface area contributed by atoms with Crippen molar-refractivity contribution in [1.29, 1.82) is 0 Å². The van der Waals surface area contributed by atoms with Crippen LogP contribution in [0, 0.1) is 13.8 Å². The van der Waals surface area contributed by atoms with Gasteiger partial charge in [-0.05, 0) is 49.2 Å². The van der Waals surface area contributed by atoms with E-state index >= 15 is 0 Å². The minimum Gasteiger partial charge on any atom is -0.353 e. The Kier molecular flexibility index (Phi) is 4.97. The molecule has 2 amide bonds. The van der Waals surface area contributed by atoms with Crippen LogP contribution in [0.4, 0.5) is 16.3 Å². The number of carbonyl (C=O) groups excluding carboxylic acids is 1. The smallest absolute Gasteiger partial charge is 0.321 e. The number of nitrogens with one attached hydrogen (secondary N) is 1. The summed E-state index contributed by atoms with van der Waals surface area (Å²) in [5.41, 5.74) is 3.23. The molecule has 1 saturated heterocycles. The molecule has 3 aromatic rings. The Labute approximate surface area is 164 Å². The van der Waals surface area contributed by atoms with Crippen LogP contribution in [0.1, 0.15) is 11.1 Å². The van der Waals surface area contributed by atoms with Gasteiger partial charge in [-0.15, -0.1) is 0 Å². The highest BCUT2D eigenvalue weighted by molar-refractivity contribution is 5.89. The van der Waals surface area contributed by atoms with Crippen molar-refractivity contribution < 1.29 is 4.79 Å². The minimum atomic E-state index is -0.0568. The molecule has 0 saturated carbocycles. The van der Waals surface area contributed by atoms with Gasteiger partial charge in [0.1, 0.15) is 18.0 Å². The highest BCUT2D eigenvalue weighted by Gasteiger charge is 2.22. The van der Waals surface area contributed by atoms with Crippen LogP contribution in [0.25, 0.3) is 5.82 Å². The highest BCUT2D eigenvalue weighted by Crippen LogP contribution is 2.18. The van der Waals surface area contributed by atoms with E-state index in [0.717, 1.165) is 30.4 Å². The zero-order chi connectivity index (χ0) is 19.5. The molecule has 1 aliphatic heterocycles. The summed E-state index contributed by atoms with van der Waals surface area (Å²) in [4.78, 5) is 25.4. The number of benzene rings is 1. The number of rotatable bonds is 3. The molecule has 1 N–H and O–H groups in total. The minimum absolute atomic E-state index is 0.0568. The van der Waals surface area contributed by atoms with Gasteiger partial charge < -0.3 is 19.7 Å². The van der Waals surface area contributed by atoms with Crippen LogP contribution in [0.2, 0.25) is 0 Å². The summed E-state index contributed by atoms with van der Waals surface area (Å²) < 4.78 is 1.96. The first kappa shape index (κ1) is 18.0. The number of hydrogen-bond acceptors (Lipinski definition) is 4. The maximum atomic E-state index is 12.6. The van der Waals surface area contributed by atoms with Gasteiger partial charge in [-0.2, -0.15) is 0 Å². The number of aryl methyl sites for hydroxylation is 2. The molecule has 28 heavy (non-hydrogen) atoms. The number of piperazine rings is 1. The molecule has 0 atom stereocenters. The number of nitrogens with zero attached hydrogens (tertiary/aromatic N) is 5. The number of aromatic nitrogens is 3. The van der Waals surface area contributed by atoms with Crippen molar-refractivity contribution in [2.24, 2.45) is 0 Å². The lowest BCUT2D eigenvalue weighted by Gasteiger charge is -2.35. The van der Waals surface area contributed by atoms with Crippen LogP contribution in [-0.2, 0) is 0 Å². The Morgan fingerprint density at radius 2 is 1.64 bits per heavy atom. The first-order valence-electron chi connectivity index (χ1n) is 9.44. The Balaban J connectivity index is 1.37. The molecule has 0 radical (unpaired) electrons. The van der Waals surface area contributed by atoms with Gasteiger partial charge in [-0.25, -0.2) is 14.8 Å². The normalized spacial score (nSPS) is 14.2. The van der Waals surface area contributed by atoms with Crippen molar-refractivity contribution in [1.82, 2.24) is 19.4 Å². The number of carbonyl (C=O) groups is 1. The van der Waals surface area contributed by atoms with E-state index in [-0.39, 0.29) is 6.03 Å². The molecule has 3 heterocycles. The SMILES string of the molecule is Cc1ccc(NC(=O)N2CCN(c3cc(-n4cccc4)ncn3)CC2)cc1C. The van der Waals surface area contributed by atoms with E-state index in [2.05, 4.69) is 27.1 Å². The molecule has 144 valence electrons. The number of hydrogen-bond donors (Lipinski definition) is 1. The first-order chi connectivity index (χ1) is 13.6. The zero-order valence-corrected chi connectivity index (χ0v) is 16.2. The maximum Gasteiger partial charge on any atom is 0.321 e. The molecule has 4 rings (SSSR count). The van der Waals surface area contributed by atoms with Gasteiger partial charge >= 0.3 is 6.03 Å². The van der Waals surface area contributed by atoms with Crippen molar-refractivity contribution in [3.63, 3.8) is 0 Å². The summed E-state index contributed by atoms with van der Waals surface area (Å²) in [6.45, 7) is 6.90. The van der Waals surface area contributed by atoms with Crippen molar-refractivity contribution in [3.05, 3.63) is 66.2 Å². The Bertz CT molecular complexity index is 961. The summed E-state index contributed by atoms with van der Waals surface area (Å²) in [6, 6.07) is 11.8. The van der Waals surface area contributed by atoms with Crippen LogP contribution in [0.15, 0.2) is 55.1 Å². The van der Waals surface area contributed by atoms with Gasteiger partial charge in [-0.1, -0.05) is 6.07 Å². The highest BCUT2D eigenvalue weighted by atomic mass is 16.2. The fraction of sp³-hybridized carbons (Fsp3) is 0.286. The fourth-order valence-corrected chi connectivity index (χ4v) is 3.30. The second-order valence-electron chi connectivity index (χ2n) is 7.03. The molecule has 1 aromatic carbocycles. The average molecular weight is 376 g/mol. The van der Waals surface area contributed by atoms with Crippen molar-refractivity contribution in [2.75, 3.05) is 36.4 Å². The molecular formula is C21H24N6O. The Morgan fingerprint density at radius 1 is 0.929 bits per heavy atom.